The molecule has 5 nitrogen and oxygen atoms in total. The van der Waals surface area contributed by atoms with Gasteiger partial charge in [0.05, 0.1) is 5.60 Å². The summed E-state index contributed by atoms with van der Waals surface area (Å²) in [6.45, 7) is 10.7. The molecule has 0 radical (unpaired) electrons. The molecule has 0 bridgehead atoms. The van der Waals surface area contributed by atoms with Gasteiger partial charge in [-0.25, -0.2) is 0 Å². The molecule has 3 fully saturated rings. The highest BCUT2D eigenvalue weighted by Crippen LogP contribution is 2.31. The van der Waals surface area contributed by atoms with Crippen LogP contribution in [0.3, 0.4) is 0 Å². The van der Waals surface area contributed by atoms with Crippen LogP contribution < -0.4 is 0 Å². The molecule has 3 rings (SSSR count). The van der Waals surface area contributed by atoms with Crippen molar-refractivity contribution in [3.8, 4) is 0 Å². The molecule has 1 saturated carbocycles. The van der Waals surface area contributed by atoms with Crippen LogP contribution in [0.15, 0.2) is 0 Å². The fourth-order valence-electron chi connectivity index (χ4n) is 4.81. The fourth-order valence-corrected chi connectivity index (χ4v) is 4.81. The van der Waals surface area contributed by atoms with Gasteiger partial charge in [0.15, 0.2) is 0 Å². The predicted molar refractivity (Wildman–Crippen MR) is 91.3 cm³/mol. The average molecular weight is 323 g/mol. The van der Waals surface area contributed by atoms with E-state index in [1.807, 2.05) is 4.90 Å². The van der Waals surface area contributed by atoms with Crippen LogP contribution in [0.25, 0.3) is 0 Å². The molecular formula is C18H33N3O2. The third-order valence-electron chi connectivity index (χ3n) is 6.18. The van der Waals surface area contributed by atoms with Crippen molar-refractivity contribution in [3.05, 3.63) is 0 Å². The molecule has 3 aliphatic rings. The molecule has 1 N–H and O–H groups in total. The van der Waals surface area contributed by atoms with Crippen molar-refractivity contribution >= 4 is 5.91 Å². The van der Waals surface area contributed by atoms with Gasteiger partial charge < -0.3 is 10.0 Å². The minimum atomic E-state index is -0.444. The summed E-state index contributed by atoms with van der Waals surface area (Å²) >= 11 is 0. The van der Waals surface area contributed by atoms with Crippen LogP contribution in [0.1, 0.15) is 46.0 Å². The molecule has 0 aromatic heterocycles. The number of likely N-dealkylation sites (tertiary alicyclic amines) is 1. The van der Waals surface area contributed by atoms with E-state index in [1.165, 1.54) is 19.3 Å². The molecule has 2 aliphatic heterocycles. The van der Waals surface area contributed by atoms with Crippen LogP contribution >= 0.6 is 0 Å². The number of hydrogen-bond donors (Lipinski definition) is 1. The number of nitrogens with zero attached hydrogens (tertiary/aromatic N) is 3. The lowest BCUT2D eigenvalue weighted by molar-refractivity contribution is -0.130. The minimum absolute atomic E-state index is 0.199. The van der Waals surface area contributed by atoms with E-state index in [2.05, 4.69) is 16.7 Å². The summed E-state index contributed by atoms with van der Waals surface area (Å²) in [5.74, 6) is 0.844. The second kappa shape index (κ2) is 7.08. The Labute approximate surface area is 140 Å². The second-order valence-corrected chi connectivity index (χ2v) is 8.07. The van der Waals surface area contributed by atoms with Crippen molar-refractivity contribution in [2.24, 2.45) is 5.92 Å². The third-order valence-corrected chi connectivity index (χ3v) is 6.18. The van der Waals surface area contributed by atoms with Gasteiger partial charge in [0.1, 0.15) is 0 Å². The lowest BCUT2D eigenvalue weighted by atomic mass is 9.84. The molecule has 2 atom stereocenters. The summed E-state index contributed by atoms with van der Waals surface area (Å²) < 4.78 is 0. The lowest BCUT2D eigenvalue weighted by Crippen LogP contribution is -2.53. The molecule has 2 heterocycles. The molecule has 0 unspecified atom stereocenters. The monoisotopic (exact) mass is 323 g/mol. The van der Waals surface area contributed by atoms with E-state index in [4.69, 9.17) is 0 Å². The highest BCUT2D eigenvalue weighted by atomic mass is 16.3. The smallest absolute Gasteiger partial charge is 0.219 e. The number of rotatable bonds is 3. The maximum absolute atomic E-state index is 11.5. The van der Waals surface area contributed by atoms with Gasteiger partial charge in [-0.2, -0.15) is 0 Å². The molecule has 0 aromatic rings. The Morgan fingerprint density at radius 2 is 1.74 bits per heavy atom. The normalized spacial score (nSPS) is 33.1. The van der Waals surface area contributed by atoms with Crippen LogP contribution in [0.2, 0.25) is 0 Å². The number of amides is 1. The first-order chi connectivity index (χ1) is 11.0. The van der Waals surface area contributed by atoms with Crippen molar-refractivity contribution in [1.82, 2.24) is 14.7 Å². The Morgan fingerprint density at radius 1 is 1.09 bits per heavy atom. The van der Waals surface area contributed by atoms with E-state index in [1.54, 1.807) is 6.92 Å². The van der Waals surface area contributed by atoms with Crippen molar-refractivity contribution in [2.45, 2.75) is 57.6 Å². The minimum Gasteiger partial charge on any atom is -0.389 e. The van der Waals surface area contributed by atoms with Gasteiger partial charge in [-0.1, -0.05) is 26.2 Å². The van der Waals surface area contributed by atoms with E-state index in [-0.39, 0.29) is 5.91 Å². The number of carbonyl (C=O) groups excluding carboxylic acids is 1. The number of carbonyl (C=O) groups is 1. The van der Waals surface area contributed by atoms with Crippen molar-refractivity contribution in [1.29, 1.82) is 0 Å². The molecule has 1 aliphatic carbocycles. The first-order valence-corrected chi connectivity index (χ1v) is 9.41. The summed E-state index contributed by atoms with van der Waals surface area (Å²) in [6.07, 6.45) is 5.58. The highest BCUT2D eigenvalue weighted by Gasteiger charge is 2.39. The summed E-state index contributed by atoms with van der Waals surface area (Å²) in [4.78, 5) is 18.5. The summed E-state index contributed by atoms with van der Waals surface area (Å²) in [5, 5.41) is 10.8. The zero-order valence-electron chi connectivity index (χ0n) is 14.8. The van der Waals surface area contributed by atoms with Crippen molar-refractivity contribution < 1.29 is 9.90 Å². The first kappa shape index (κ1) is 17.2. The van der Waals surface area contributed by atoms with Crippen LogP contribution in [-0.4, -0.2) is 83.2 Å². The fraction of sp³-hybridized carbons (Fsp3) is 0.944. The molecule has 23 heavy (non-hydrogen) atoms. The Morgan fingerprint density at radius 3 is 2.35 bits per heavy atom. The second-order valence-electron chi connectivity index (χ2n) is 8.07. The molecule has 132 valence electrons. The van der Waals surface area contributed by atoms with Gasteiger partial charge in [-0.05, 0) is 18.8 Å². The molecule has 1 amide bonds. The van der Waals surface area contributed by atoms with Gasteiger partial charge in [-0.15, -0.1) is 0 Å². The molecule has 5 heteroatoms. The molecular weight excluding hydrogens is 290 g/mol. The van der Waals surface area contributed by atoms with E-state index >= 15 is 0 Å². The first-order valence-electron chi connectivity index (χ1n) is 9.41. The van der Waals surface area contributed by atoms with E-state index in [0.29, 0.717) is 12.0 Å². The van der Waals surface area contributed by atoms with Crippen LogP contribution in [0.5, 0.6) is 0 Å². The molecule has 0 aromatic carbocycles. The Bertz CT molecular complexity index is 414. The lowest BCUT2D eigenvalue weighted by Gasteiger charge is -2.39. The number of β-amino-alcohol motifs (C(OH)–C–C–N with tert-alkyl or cyclic N) is 1. The summed E-state index contributed by atoms with van der Waals surface area (Å²) in [7, 11) is 0. The standard InChI is InChI=1S/C18H33N3O2/c1-15-12-19(14-18(23)6-4-3-5-7-18)13-17(15)21-10-8-20(9-11-21)16(2)22/h15,17,23H,3-14H2,1-2H3/t15-,17-/m1/s1. The van der Waals surface area contributed by atoms with Gasteiger partial charge in [0.25, 0.3) is 0 Å². The zero-order chi connectivity index (χ0) is 16.4. The molecule has 0 spiro atoms. The van der Waals surface area contributed by atoms with Gasteiger partial charge in [-0.3, -0.25) is 14.6 Å². The van der Waals surface area contributed by atoms with Gasteiger partial charge >= 0.3 is 0 Å². The zero-order valence-corrected chi connectivity index (χ0v) is 14.8. The summed E-state index contributed by atoms with van der Waals surface area (Å²) in [6, 6.07) is 0.580. The average Bonchev–Trinajstić information content (AvgIpc) is 2.87. The Hall–Kier alpha value is -0.650. The number of piperazine rings is 1. The quantitative estimate of drug-likeness (QED) is 0.847. The topological polar surface area (TPSA) is 47.0 Å². The molecule has 2 saturated heterocycles. The summed E-state index contributed by atoms with van der Waals surface area (Å²) in [5.41, 5.74) is -0.444. The Balaban J connectivity index is 1.51. The van der Waals surface area contributed by atoms with Crippen LogP contribution in [0.4, 0.5) is 0 Å². The van der Waals surface area contributed by atoms with Crippen LogP contribution in [-0.2, 0) is 4.79 Å². The van der Waals surface area contributed by atoms with Crippen LogP contribution in [0, 0.1) is 5.92 Å². The van der Waals surface area contributed by atoms with E-state index in [0.717, 1.165) is 58.7 Å². The highest BCUT2D eigenvalue weighted by molar-refractivity contribution is 5.73. The predicted octanol–water partition coefficient (Wildman–Crippen LogP) is 1.17. The van der Waals surface area contributed by atoms with Crippen molar-refractivity contribution in [3.63, 3.8) is 0 Å². The van der Waals surface area contributed by atoms with E-state index in [9.17, 15) is 9.90 Å². The van der Waals surface area contributed by atoms with Crippen molar-refractivity contribution in [2.75, 3.05) is 45.8 Å². The van der Waals surface area contributed by atoms with E-state index < -0.39 is 5.60 Å². The van der Waals surface area contributed by atoms with Gasteiger partial charge in [0.2, 0.25) is 5.91 Å². The number of aliphatic hydroxyl groups is 1. The van der Waals surface area contributed by atoms with Gasteiger partial charge in [0, 0.05) is 58.8 Å². The third kappa shape index (κ3) is 4.06. The largest absolute Gasteiger partial charge is 0.389 e. The number of hydrogen-bond acceptors (Lipinski definition) is 4. The maximum atomic E-state index is 11.5. The SMILES string of the molecule is CC(=O)N1CCN([C@@H]2CN(CC3(O)CCCCC3)C[C@H]2C)CC1. The maximum Gasteiger partial charge on any atom is 0.219 e. The Kier molecular flexibility index (Phi) is 5.29.